The molecule has 0 saturated carbocycles. The largest absolute Gasteiger partial charge is 0.337 e. The van der Waals surface area contributed by atoms with E-state index in [9.17, 15) is 4.79 Å². The maximum absolute atomic E-state index is 12.4. The van der Waals surface area contributed by atoms with E-state index in [1.165, 1.54) is 11.1 Å². The van der Waals surface area contributed by atoms with Gasteiger partial charge in [0, 0.05) is 57.1 Å². The molecule has 0 N–H and O–H groups in total. The number of aromatic nitrogens is 2. The Morgan fingerprint density at radius 1 is 1.20 bits per heavy atom. The lowest BCUT2D eigenvalue weighted by molar-refractivity contribution is -0.127. The fourth-order valence-corrected chi connectivity index (χ4v) is 3.07. The van der Waals surface area contributed by atoms with Crippen LogP contribution < -0.4 is 0 Å². The molecule has 0 aliphatic carbocycles. The maximum Gasteiger partial charge on any atom is 0.246 e. The van der Waals surface area contributed by atoms with Gasteiger partial charge in [-0.25, -0.2) is 0 Å². The SMILES string of the molecule is CCn1cc(/C=C/C(=O)N2CCN(Cc3ccccc3C)CC2)cn1. The normalized spacial score (nSPS) is 15.8. The van der Waals surface area contributed by atoms with Gasteiger partial charge in [-0.15, -0.1) is 0 Å². The standard InChI is InChI=1S/C20H26N4O/c1-3-24-15-18(14-21-24)8-9-20(25)23-12-10-22(11-13-23)16-19-7-5-4-6-17(19)2/h4-9,14-15H,3,10-13,16H2,1-2H3/b9-8+. The second-order valence-electron chi connectivity index (χ2n) is 6.49. The lowest BCUT2D eigenvalue weighted by Crippen LogP contribution is -2.47. The Kier molecular flexibility index (Phi) is 5.66. The van der Waals surface area contributed by atoms with Crippen molar-refractivity contribution in [2.24, 2.45) is 0 Å². The lowest BCUT2D eigenvalue weighted by Gasteiger charge is -2.34. The van der Waals surface area contributed by atoms with E-state index in [-0.39, 0.29) is 5.91 Å². The zero-order valence-corrected chi connectivity index (χ0v) is 15.1. The summed E-state index contributed by atoms with van der Waals surface area (Å²) in [6.07, 6.45) is 7.24. The van der Waals surface area contributed by atoms with Crippen molar-refractivity contribution in [2.75, 3.05) is 26.2 Å². The molecule has 3 rings (SSSR count). The number of carbonyl (C=O) groups is 1. The predicted octanol–water partition coefficient (Wildman–Crippen LogP) is 2.57. The quantitative estimate of drug-likeness (QED) is 0.787. The van der Waals surface area contributed by atoms with Crippen molar-refractivity contribution in [3.63, 3.8) is 0 Å². The first-order chi connectivity index (χ1) is 12.2. The summed E-state index contributed by atoms with van der Waals surface area (Å²) in [5.74, 6) is 0.0831. The zero-order chi connectivity index (χ0) is 17.6. The summed E-state index contributed by atoms with van der Waals surface area (Å²) in [6, 6.07) is 8.51. The molecular formula is C20H26N4O. The third-order valence-corrected chi connectivity index (χ3v) is 4.73. The van der Waals surface area contributed by atoms with Crippen LogP contribution in [0.3, 0.4) is 0 Å². The van der Waals surface area contributed by atoms with E-state index in [4.69, 9.17) is 0 Å². The smallest absolute Gasteiger partial charge is 0.246 e. The number of hydrogen-bond donors (Lipinski definition) is 0. The first-order valence-electron chi connectivity index (χ1n) is 8.92. The predicted molar refractivity (Wildman–Crippen MR) is 100.0 cm³/mol. The molecule has 25 heavy (non-hydrogen) atoms. The highest BCUT2D eigenvalue weighted by Crippen LogP contribution is 2.13. The van der Waals surface area contributed by atoms with Gasteiger partial charge in [0.2, 0.25) is 5.91 Å². The highest BCUT2D eigenvalue weighted by molar-refractivity contribution is 5.91. The van der Waals surface area contributed by atoms with Crippen LogP contribution in [0.1, 0.15) is 23.6 Å². The molecule has 132 valence electrons. The molecule has 5 heteroatoms. The molecule has 5 nitrogen and oxygen atoms in total. The number of nitrogens with zero attached hydrogens (tertiary/aromatic N) is 4. The average Bonchev–Trinajstić information content (AvgIpc) is 3.10. The van der Waals surface area contributed by atoms with Crippen molar-refractivity contribution in [3.05, 3.63) is 59.4 Å². The van der Waals surface area contributed by atoms with Crippen LogP contribution in [0.5, 0.6) is 0 Å². The first-order valence-corrected chi connectivity index (χ1v) is 8.92. The van der Waals surface area contributed by atoms with Gasteiger partial charge in [0.25, 0.3) is 0 Å². The van der Waals surface area contributed by atoms with Crippen molar-refractivity contribution in [3.8, 4) is 0 Å². The van der Waals surface area contributed by atoms with Crippen LogP contribution in [0.4, 0.5) is 0 Å². The minimum Gasteiger partial charge on any atom is -0.337 e. The second-order valence-corrected chi connectivity index (χ2v) is 6.49. The average molecular weight is 338 g/mol. The van der Waals surface area contributed by atoms with Crippen molar-refractivity contribution in [1.29, 1.82) is 0 Å². The van der Waals surface area contributed by atoms with E-state index in [2.05, 4.69) is 41.2 Å². The molecule has 0 unspecified atom stereocenters. The van der Waals surface area contributed by atoms with Gasteiger partial charge >= 0.3 is 0 Å². The summed E-state index contributed by atoms with van der Waals surface area (Å²) in [7, 11) is 0. The monoisotopic (exact) mass is 338 g/mol. The fraction of sp³-hybridized carbons (Fsp3) is 0.400. The molecule has 1 amide bonds. The molecule has 1 aromatic carbocycles. The first kappa shape index (κ1) is 17.4. The van der Waals surface area contributed by atoms with Crippen molar-refractivity contribution < 1.29 is 4.79 Å². The molecular weight excluding hydrogens is 312 g/mol. The molecule has 0 spiro atoms. The Balaban J connectivity index is 1.50. The molecule has 2 heterocycles. The van der Waals surface area contributed by atoms with Gasteiger partial charge in [0.15, 0.2) is 0 Å². The van der Waals surface area contributed by atoms with Crippen LogP contribution in [-0.4, -0.2) is 51.7 Å². The third kappa shape index (κ3) is 4.57. The Bertz CT molecular complexity index is 742. The number of amides is 1. The van der Waals surface area contributed by atoms with Gasteiger partial charge in [-0.05, 0) is 31.1 Å². The van der Waals surface area contributed by atoms with Gasteiger partial charge in [-0.3, -0.25) is 14.4 Å². The van der Waals surface area contributed by atoms with Gasteiger partial charge in [0.1, 0.15) is 0 Å². The minimum atomic E-state index is 0.0831. The minimum absolute atomic E-state index is 0.0831. The molecule has 2 aromatic rings. The van der Waals surface area contributed by atoms with Crippen LogP contribution in [0, 0.1) is 6.92 Å². The molecule has 1 fully saturated rings. The van der Waals surface area contributed by atoms with E-state index < -0.39 is 0 Å². The van der Waals surface area contributed by atoms with E-state index in [0.717, 1.165) is 44.8 Å². The molecule has 0 radical (unpaired) electrons. The number of benzene rings is 1. The van der Waals surface area contributed by atoms with Crippen LogP contribution in [-0.2, 0) is 17.9 Å². The highest BCUT2D eigenvalue weighted by atomic mass is 16.2. The lowest BCUT2D eigenvalue weighted by atomic mass is 10.1. The van der Waals surface area contributed by atoms with Crippen LogP contribution >= 0.6 is 0 Å². The summed E-state index contributed by atoms with van der Waals surface area (Å²) < 4.78 is 1.86. The summed E-state index contributed by atoms with van der Waals surface area (Å²) >= 11 is 0. The fourth-order valence-electron chi connectivity index (χ4n) is 3.07. The van der Waals surface area contributed by atoms with E-state index in [1.807, 2.05) is 28.8 Å². The Morgan fingerprint density at radius 3 is 2.64 bits per heavy atom. The highest BCUT2D eigenvalue weighted by Gasteiger charge is 2.19. The van der Waals surface area contributed by atoms with Crippen LogP contribution in [0.25, 0.3) is 6.08 Å². The van der Waals surface area contributed by atoms with E-state index in [0.29, 0.717) is 0 Å². The summed E-state index contributed by atoms with van der Waals surface area (Å²) in [5.41, 5.74) is 3.67. The molecule has 1 aliphatic heterocycles. The molecule has 1 aromatic heterocycles. The van der Waals surface area contributed by atoms with Crippen LogP contribution in [0.2, 0.25) is 0 Å². The molecule has 1 saturated heterocycles. The van der Waals surface area contributed by atoms with Gasteiger partial charge in [-0.2, -0.15) is 5.10 Å². The topological polar surface area (TPSA) is 41.4 Å². The van der Waals surface area contributed by atoms with Crippen LogP contribution in [0.15, 0.2) is 42.7 Å². The Hall–Kier alpha value is -2.40. The van der Waals surface area contributed by atoms with Gasteiger partial charge in [0.05, 0.1) is 6.20 Å². The van der Waals surface area contributed by atoms with Gasteiger partial charge in [-0.1, -0.05) is 24.3 Å². The molecule has 0 bridgehead atoms. The number of aryl methyl sites for hydroxylation is 2. The van der Waals surface area contributed by atoms with E-state index in [1.54, 1.807) is 12.3 Å². The summed E-state index contributed by atoms with van der Waals surface area (Å²) in [5, 5.41) is 4.22. The number of carbonyl (C=O) groups excluding carboxylic acids is 1. The molecule has 1 aliphatic rings. The summed E-state index contributed by atoms with van der Waals surface area (Å²) in [4.78, 5) is 16.7. The number of hydrogen-bond acceptors (Lipinski definition) is 3. The van der Waals surface area contributed by atoms with E-state index >= 15 is 0 Å². The number of piperazine rings is 1. The van der Waals surface area contributed by atoms with Crippen molar-refractivity contribution in [2.45, 2.75) is 26.9 Å². The third-order valence-electron chi connectivity index (χ3n) is 4.73. The van der Waals surface area contributed by atoms with Gasteiger partial charge < -0.3 is 4.90 Å². The Labute approximate surface area is 149 Å². The number of rotatable bonds is 5. The summed E-state index contributed by atoms with van der Waals surface area (Å²) in [6.45, 7) is 9.39. The second kappa shape index (κ2) is 8.12. The molecule has 0 atom stereocenters. The zero-order valence-electron chi connectivity index (χ0n) is 15.1. The maximum atomic E-state index is 12.4. The van der Waals surface area contributed by atoms with Crippen molar-refractivity contribution >= 4 is 12.0 Å². The van der Waals surface area contributed by atoms with Crippen molar-refractivity contribution in [1.82, 2.24) is 19.6 Å². The Morgan fingerprint density at radius 2 is 1.96 bits per heavy atom.